The van der Waals surface area contributed by atoms with E-state index in [0.717, 1.165) is 10.6 Å². The molecule has 0 saturated heterocycles. The Bertz CT molecular complexity index is 595. The summed E-state index contributed by atoms with van der Waals surface area (Å²) in [5.41, 5.74) is 3.81. The Morgan fingerprint density at radius 3 is 2.72 bits per heavy atom. The van der Waals surface area contributed by atoms with Gasteiger partial charge in [-0.1, -0.05) is 0 Å². The van der Waals surface area contributed by atoms with Crippen LogP contribution in [0.3, 0.4) is 0 Å². The van der Waals surface area contributed by atoms with Gasteiger partial charge in [0.15, 0.2) is 0 Å². The molecule has 1 amide bonds. The SMILES string of the molecule is Cc1ncsc1CNC(=O)c1ccc(C#N)cc1. The van der Waals surface area contributed by atoms with Gasteiger partial charge in [-0.3, -0.25) is 4.79 Å². The Morgan fingerprint density at radius 2 is 2.17 bits per heavy atom. The van der Waals surface area contributed by atoms with Crippen molar-refractivity contribution in [3.05, 3.63) is 51.5 Å². The molecule has 1 aromatic carbocycles. The number of thiazole rings is 1. The lowest BCUT2D eigenvalue weighted by molar-refractivity contribution is 0.0951. The first-order chi connectivity index (χ1) is 8.70. The van der Waals surface area contributed by atoms with Crippen LogP contribution in [0.15, 0.2) is 29.8 Å². The van der Waals surface area contributed by atoms with Crippen molar-refractivity contribution in [1.82, 2.24) is 10.3 Å². The number of nitrogens with one attached hydrogen (secondary N) is 1. The molecule has 4 nitrogen and oxygen atoms in total. The van der Waals surface area contributed by atoms with Gasteiger partial charge < -0.3 is 5.32 Å². The highest BCUT2D eigenvalue weighted by molar-refractivity contribution is 7.09. The van der Waals surface area contributed by atoms with Gasteiger partial charge in [0.1, 0.15) is 0 Å². The molecule has 1 aromatic heterocycles. The highest BCUT2D eigenvalue weighted by atomic mass is 32.1. The van der Waals surface area contributed by atoms with E-state index < -0.39 is 0 Å². The Hall–Kier alpha value is -2.19. The standard InChI is InChI=1S/C13H11N3OS/c1-9-12(18-8-16-9)7-15-13(17)11-4-2-10(6-14)3-5-11/h2-5,8H,7H2,1H3,(H,15,17). The second-order valence-electron chi connectivity index (χ2n) is 3.73. The Morgan fingerprint density at radius 1 is 1.44 bits per heavy atom. The predicted molar refractivity (Wildman–Crippen MR) is 69.2 cm³/mol. The summed E-state index contributed by atoms with van der Waals surface area (Å²) < 4.78 is 0. The Kier molecular flexibility index (Phi) is 3.70. The van der Waals surface area contributed by atoms with Crippen molar-refractivity contribution in [2.75, 3.05) is 0 Å². The third-order valence-corrected chi connectivity index (χ3v) is 3.47. The van der Waals surface area contributed by atoms with Crippen LogP contribution in [0, 0.1) is 18.3 Å². The molecule has 2 rings (SSSR count). The summed E-state index contributed by atoms with van der Waals surface area (Å²) in [6, 6.07) is 8.57. The first-order valence-electron chi connectivity index (χ1n) is 5.38. The first kappa shape index (κ1) is 12.3. The van der Waals surface area contributed by atoms with Crippen molar-refractivity contribution < 1.29 is 4.79 Å². The van der Waals surface area contributed by atoms with E-state index in [4.69, 9.17) is 5.26 Å². The van der Waals surface area contributed by atoms with Gasteiger partial charge in [0.2, 0.25) is 0 Å². The summed E-state index contributed by atoms with van der Waals surface area (Å²) in [6.07, 6.45) is 0. The lowest BCUT2D eigenvalue weighted by Crippen LogP contribution is -2.22. The lowest BCUT2D eigenvalue weighted by Gasteiger charge is -2.04. The maximum atomic E-state index is 11.8. The van der Waals surface area contributed by atoms with Crippen molar-refractivity contribution in [2.24, 2.45) is 0 Å². The Balaban J connectivity index is 2.00. The third-order valence-electron chi connectivity index (χ3n) is 2.53. The van der Waals surface area contributed by atoms with E-state index in [9.17, 15) is 4.79 Å². The van der Waals surface area contributed by atoms with Gasteiger partial charge in [-0.25, -0.2) is 4.98 Å². The highest BCUT2D eigenvalue weighted by Crippen LogP contribution is 2.11. The smallest absolute Gasteiger partial charge is 0.251 e. The van der Waals surface area contributed by atoms with E-state index in [0.29, 0.717) is 17.7 Å². The number of carbonyl (C=O) groups is 1. The molecule has 0 spiro atoms. The van der Waals surface area contributed by atoms with Crippen LogP contribution in [-0.4, -0.2) is 10.9 Å². The lowest BCUT2D eigenvalue weighted by atomic mass is 10.1. The second-order valence-corrected chi connectivity index (χ2v) is 4.67. The topological polar surface area (TPSA) is 65.8 Å². The largest absolute Gasteiger partial charge is 0.347 e. The van der Waals surface area contributed by atoms with Crippen LogP contribution in [0.2, 0.25) is 0 Å². The molecule has 5 heteroatoms. The number of aryl methyl sites for hydroxylation is 1. The highest BCUT2D eigenvalue weighted by Gasteiger charge is 2.07. The maximum Gasteiger partial charge on any atom is 0.251 e. The number of benzene rings is 1. The van der Waals surface area contributed by atoms with Gasteiger partial charge >= 0.3 is 0 Å². The first-order valence-corrected chi connectivity index (χ1v) is 6.26. The molecule has 0 fully saturated rings. The van der Waals surface area contributed by atoms with E-state index in [-0.39, 0.29) is 5.91 Å². The van der Waals surface area contributed by atoms with Crippen molar-refractivity contribution in [3.63, 3.8) is 0 Å². The van der Waals surface area contributed by atoms with E-state index >= 15 is 0 Å². The molecule has 0 unspecified atom stereocenters. The average molecular weight is 257 g/mol. The Labute approximate surface area is 109 Å². The van der Waals surface area contributed by atoms with Crippen LogP contribution in [0.5, 0.6) is 0 Å². The van der Waals surface area contributed by atoms with E-state index in [2.05, 4.69) is 10.3 Å². The van der Waals surface area contributed by atoms with Crippen LogP contribution in [0.1, 0.15) is 26.5 Å². The molecule has 0 aliphatic rings. The minimum atomic E-state index is -0.146. The molecule has 0 aliphatic heterocycles. The van der Waals surface area contributed by atoms with E-state index in [1.165, 1.54) is 11.3 Å². The van der Waals surface area contributed by atoms with Crippen LogP contribution in [-0.2, 0) is 6.54 Å². The molecular weight excluding hydrogens is 246 g/mol. The van der Waals surface area contributed by atoms with Gasteiger partial charge in [-0.2, -0.15) is 5.26 Å². The fourth-order valence-electron chi connectivity index (χ4n) is 1.45. The van der Waals surface area contributed by atoms with Crippen molar-refractivity contribution in [3.8, 4) is 6.07 Å². The van der Waals surface area contributed by atoms with Crippen LogP contribution < -0.4 is 5.32 Å². The zero-order valence-electron chi connectivity index (χ0n) is 9.80. The van der Waals surface area contributed by atoms with Crippen LogP contribution in [0.4, 0.5) is 0 Å². The molecule has 0 aliphatic carbocycles. The van der Waals surface area contributed by atoms with Crippen molar-refractivity contribution in [1.29, 1.82) is 5.26 Å². The number of nitriles is 1. The summed E-state index contributed by atoms with van der Waals surface area (Å²) in [6.45, 7) is 2.40. The van der Waals surface area contributed by atoms with Crippen LogP contribution >= 0.6 is 11.3 Å². The molecule has 2 aromatic rings. The normalized spacial score (nSPS) is 9.78. The van der Waals surface area contributed by atoms with Gasteiger partial charge in [0.05, 0.1) is 29.4 Å². The molecule has 0 bridgehead atoms. The number of amides is 1. The van der Waals surface area contributed by atoms with Gasteiger partial charge in [-0.15, -0.1) is 11.3 Å². The zero-order chi connectivity index (χ0) is 13.0. The number of hydrogen-bond acceptors (Lipinski definition) is 4. The minimum Gasteiger partial charge on any atom is -0.347 e. The molecule has 0 atom stereocenters. The molecule has 1 N–H and O–H groups in total. The van der Waals surface area contributed by atoms with Gasteiger partial charge in [0.25, 0.3) is 5.91 Å². The molecule has 1 heterocycles. The minimum absolute atomic E-state index is 0.146. The molecule has 0 radical (unpaired) electrons. The third kappa shape index (κ3) is 2.73. The molecule has 0 saturated carbocycles. The molecular formula is C13H11N3OS. The average Bonchev–Trinajstić information content (AvgIpc) is 2.81. The summed E-state index contributed by atoms with van der Waals surface area (Å²) >= 11 is 1.52. The van der Waals surface area contributed by atoms with E-state index in [1.807, 2.05) is 13.0 Å². The van der Waals surface area contributed by atoms with Crippen LogP contribution in [0.25, 0.3) is 0 Å². The number of carbonyl (C=O) groups excluding carboxylic acids is 1. The fourth-order valence-corrected chi connectivity index (χ4v) is 2.17. The molecule has 90 valence electrons. The van der Waals surface area contributed by atoms with Gasteiger partial charge in [-0.05, 0) is 31.2 Å². The number of hydrogen-bond donors (Lipinski definition) is 1. The molecule has 18 heavy (non-hydrogen) atoms. The monoisotopic (exact) mass is 257 g/mol. The zero-order valence-corrected chi connectivity index (χ0v) is 10.6. The fraction of sp³-hybridized carbons (Fsp3) is 0.154. The van der Waals surface area contributed by atoms with Crippen molar-refractivity contribution >= 4 is 17.2 Å². The maximum absolute atomic E-state index is 11.8. The number of aromatic nitrogens is 1. The number of rotatable bonds is 3. The number of nitrogens with zero attached hydrogens (tertiary/aromatic N) is 2. The predicted octanol–water partition coefficient (Wildman–Crippen LogP) is 2.25. The summed E-state index contributed by atoms with van der Waals surface area (Å²) in [5.74, 6) is -0.146. The summed E-state index contributed by atoms with van der Waals surface area (Å²) in [4.78, 5) is 17.0. The summed E-state index contributed by atoms with van der Waals surface area (Å²) in [5, 5.41) is 11.5. The summed E-state index contributed by atoms with van der Waals surface area (Å²) in [7, 11) is 0. The quantitative estimate of drug-likeness (QED) is 0.917. The van der Waals surface area contributed by atoms with E-state index in [1.54, 1.807) is 29.8 Å². The van der Waals surface area contributed by atoms with Gasteiger partial charge in [0, 0.05) is 10.4 Å². The van der Waals surface area contributed by atoms with Crippen molar-refractivity contribution in [2.45, 2.75) is 13.5 Å². The second kappa shape index (κ2) is 5.43.